The first-order valence-electron chi connectivity index (χ1n) is 7.89. The molecule has 1 N–H and O–H groups in total. The number of hydrogen-bond acceptors (Lipinski definition) is 2. The van der Waals surface area contributed by atoms with Crippen molar-refractivity contribution >= 4 is 46.5 Å². The second-order valence-corrected chi connectivity index (χ2v) is 7.26. The van der Waals surface area contributed by atoms with Gasteiger partial charge in [0.2, 0.25) is 0 Å². The molecule has 0 fully saturated rings. The number of carbonyl (C=O) groups is 1. The minimum Gasteiger partial charge on any atom is -0.304 e. The Balaban J connectivity index is 1.77. The summed E-state index contributed by atoms with van der Waals surface area (Å²) >= 11 is 18.3. The Morgan fingerprint density at radius 2 is 1.81 bits per heavy atom. The van der Waals surface area contributed by atoms with Crippen molar-refractivity contribution in [3.05, 3.63) is 79.9 Å². The zero-order chi connectivity index (χ0) is 18.8. The molecule has 0 unspecified atom stereocenters. The van der Waals surface area contributed by atoms with E-state index < -0.39 is 0 Å². The molecule has 26 heavy (non-hydrogen) atoms. The number of halogens is 3. The lowest BCUT2D eigenvalue weighted by atomic mass is 10.1. The Bertz CT molecular complexity index is 982. The summed E-state index contributed by atoms with van der Waals surface area (Å²) in [6.45, 7) is 4.37. The minimum atomic E-state index is -0.259. The van der Waals surface area contributed by atoms with Crippen LogP contribution in [0.1, 0.15) is 27.0 Å². The summed E-state index contributed by atoms with van der Waals surface area (Å²) in [4.78, 5) is 12.4. The molecule has 1 aromatic heterocycles. The van der Waals surface area contributed by atoms with E-state index in [0.29, 0.717) is 33.0 Å². The number of amides is 1. The standard InChI is InChI=1S/C19H16Cl3N3O/c1-11-3-4-13(7-12(11)2)19(26)23-18-17(22)10-25(24-18)9-14-5-6-15(20)8-16(14)21/h3-8,10H,9H2,1-2H3,(H,23,24,26). The van der Waals surface area contributed by atoms with Crippen LogP contribution in [0.4, 0.5) is 5.82 Å². The number of benzene rings is 2. The van der Waals surface area contributed by atoms with E-state index in [4.69, 9.17) is 34.8 Å². The molecule has 0 spiro atoms. The van der Waals surface area contributed by atoms with Gasteiger partial charge >= 0.3 is 0 Å². The Hall–Kier alpha value is -2.01. The van der Waals surface area contributed by atoms with Crippen molar-refractivity contribution in [2.75, 3.05) is 5.32 Å². The van der Waals surface area contributed by atoms with Crippen molar-refractivity contribution in [2.45, 2.75) is 20.4 Å². The average molecular weight is 409 g/mol. The largest absolute Gasteiger partial charge is 0.304 e. The summed E-state index contributed by atoms with van der Waals surface area (Å²) in [5.41, 5.74) is 3.58. The fourth-order valence-corrected chi connectivity index (χ4v) is 3.12. The zero-order valence-corrected chi connectivity index (χ0v) is 16.5. The molecule has 0 aliphatic heterocycles. The smallest absolute Gasteiger partial charge is 0.256 e. The molecule has 0 aliphatic carbocycles. The number of aromatic nitrogens is 2. The highest BCUT2D eigenvalue weighted by Gasteiger charge is 2.14. The molecule has 134 valence electrons. The fraction of sp³-hybridized carbons (Fsp3) is 0.158. The Morgan fingerprint density at radius 3 is 2.50 bits per heavy atom. The molecule has 7 heteroatoms. The van der Waals surface area contributed by atoms with Crippen LogP contribution in [0.25, 0.3) is 0 Å². The van der Waals surface area contributed by atoms with Gasteiger partial charge in [-0.3, -0.25) is 9.48 Å². The number of hydrogen-bond donors (Lipinski definition) is 1. The predicted octanol–water partition coefficient (Wildman–Crippen LogP) is 5.76. The number of rotatable bonds is 4. The number of nitrogens with zero attached hydrogens (tertiary/aromatic N) is 2. The highest BCUT2D eigenvalue weighted by molar-refractivity contribution is 6.35. The first kappa shape index (κ1) is 18.8. The van der Waals surface area contributed by atoms with Gasteiger partial charge in [0.05, 0.1) is 6.54 Å². The van der Waals surface area contributed by atoms with Gasteiger partial charge in [-0.25, -0.2) is 0 Å². The van der Waals surface area contributed by atoms with Gasteiger partial charge in [-0.1, -0.05) is 46.9 Å². The molecular formula is C19H16Cl3N3O. The van der Waals surface area contributed by atoms with E-state index in [1.807, 2.05) is 32.0 Å². The molecular weight excluding hydrogens is 393 g/mol. The predicted molar refractivity (Wildman–Crippen MR) is 107 cm³/mol. The van der Waals surface area contributed by atoms with Gasteiger partial charge in [0.25, 0.3) is 5.91 Å². The average Bonchev–Trinajstić information content (AvgIpc) is 2.92. The second-order valence-electron chi connectivity index (χ2n) is 6.01. The Morgan fingerprint density at radius 1 is 1.04 bits per heavy atom. The number of aryl methyl sites for hydroxylation is 2. The van der Waals surface area contributed by atoms with E-state index in [1.54, 1.807) is 29.1 Å². The lowest BCUT2D eigenvalue weighted by Gasteiger charge is -2.06. The zero-order valence-electron chi connectivity index (χ0n) is 14.2. The first-order chi connectivity index (χ1) is 12.3. The van der Waals surface area contributed by atoms with Crippen LogP contribution < -0.4 is 5.32 Å². The maximum atomic E-state index is 12.4. The Labute approximate surface area is 166 Å². The molecule has 0 aliphatic rings. The maximum absolute atomic E-state index is 12.4. The van der Waals surface area contributed by atoms with Gasteiger partial charge in [0.15, 0.2) is 5.82 Å². The van der Waals surface area contributed by atoms with Crippen LogP contribution in [0.2, 0.25) is 15.1 Å². The van der Waals surface area contributed by atoms with E-state index in [2.05, 4.69) is 10.4 Å². The Kier molecular flexibility index (Phi) is 5.56. The molecule has 1 heterocycles. The van der Waals surface area contributed by atoms with Crippen LogP contribution >= 0.6 is 34.8 Å². The number of nitrogens with one attached hydrogen (secondary N) is 1. The lowest BCUT2D eigenvalue weighted by molar-refractivity contribution is 0.102. The van der Waals surface area contributed by atoms with Gasteiger partial charge in [-0.2, -0.15) is 5.10 Å². The van der Waals surface area contributed by atoms with Crippen LogP contribution in [0.3, 0.4) is 0 Å². The molecule has 0 bridgehead atoms. The quantitative estimate of drug-likeness (QED) is 0.596. The summed E-state index contributed by atoms with van der Waals surface area (Å²) in [6, 6.07) is 10.8. The SMILES string of the molecule is Cc1ccc(C(=O)Nc2nn(Cc3ccc(Cl)cc3Cl)cc2Cl)cc1C. The van der Waals surface area contributed by atoms with E-state index in [9.17, 15) is 4.79 Å². The van der Waals surface area contributed by atoms with Gasteiger partial charge in [0, 0.05) is 21.8 Å². The third-order valence-electron chi connectivity index (χ3n) is 4.07. The van der Waals surface area contributed by atoms with Crippen molar-refractivity contribution in [3.8, 4) is 0 Å². The van der Waals surface area contributed by atoms with Crippen LogP contribution in [0, 0.1) is 13.8 Å². The summed E-state index contributed by atoms with van der Waals surface area (Å²) in [7, 11) is 0. The lowest BCUT2D eigenvalue weighted by Crippen LogP contribution is -2.13. The number of carbonyl (C=O) groups excluding carboxylic acids is 1. The second kappa shape index (κ2) is 7.70. The first-order valence-corrected chi connectivity index (χ1v) is 9.02. The van der Waals surface area contributed by atoms with E-state index in [-0.39, 0.29) is 5.91 Å². The van der Waals surface area contributed by atoms with Crippen LogP contribution in [-0.4, -0.2) is 15.7 Å². The topological polar surface area (TPSA) is 46.9 Å². The van der Waals surface area contributed by atoms with Gasteiger partial charge in [-0.05, 0) is 54.8 Å². The van der Waals surface area contributed by atoms with Crippen molar-refractivity contribution in [2.24, 2.45) is 0 Å². The van der Waals surface area contributed by atoms with Gasteiger partial charge < -0.3 is 5.32 Å². The molecule has 3 aromatic rings. The summed E-state index contributed by atoms with van der Waals surface area (Å²) in [6.07, 6.45) is 1.64. The molecule has 0 atom stereocenters. The monoisotopic (exact) mass is 407 g/mol. The van der Waals surface area contributed by atoms with Crippen LogP contribution in [0.15, 0.2) is 42.6 Å². The van der Waals surface area contributed by atoms with Gasteiger partial charge in [-0.15, -0.1) is 0 Å². The van der Waals surface area contributed by atoms with E-state index >= 15 is 0 Å². The van der Waals surface area contributed by atoms with Crippen molar-refractivity contribution in [1.82, 2.24) is 9.78 Å². The fourth-order valence-electron chi connectivity index (χ4n) is 2.45. The number of anilines is 1. The third kappa shape index (κ3) is 4.21. The molecule has 0 saturated carbocycles. The minimum absolute atomic E-state index is 0.259. The van der Waals surface area contributed by atoms with Crippen molar-refractivity contribution in [3.63, 3.8) is 0 Å². The maximum Gasteiger partial charge on any atom is 0.256 e. The third-order valence-corrected chi connectivity index (χ3v) is 4.93. The normalized spacial score (nSPS) is 10.8. The highest BCUT2D eigenvalue weighted by atomic mass is 35.5. The molecule has 0 radical (unpaired) electrons. The summed E-state index contributed by atoms with van der Waals surface area (Å²) in [5.74, 6) is 0.0461. The van der Waals surface area contributed by atoms with Crippen molar-refractivity contribution in [1.29, 1.82) is 0 Å². The molecule has 1 amide bonds. The van der Waals surface area contributed by atoms with Crippen LogP contribution in [-0.2, 0) is 6.54 Å². The van der Waals surface area contributed by atoms with Gasteiger partial charge in [0.1, 0.15) is 5.02 Å². The summed E-state index contributed by atoms with van der Waals surface area (Å²) < 4.78 is 1.62. The van der Waals surface area contributed by atoms with E-state index in [0.717, 1.165) is 16.7 Å². The van der Waals surface area contributed by atoms with Crippen LogP contribution in [0.5, 0.6) is 0 Å². The van der Waals surface area contributed by atoms with E-state index in [1.165, 1.54) is 0 Å². The molecule has 0 saturated heterocycles. The molecule has 4 nitrogen and oxygen atoms in total. The van der Waals surface area contributed by atoms with Crippen molar-refractivity contribution < 1.29 is 4.79 Å². The molecule has 3 rings (SSSR count). The highest BCUT2D eigenvalue weighted by Crippen LogP contribution is 2.24. The summed E-state index contributed by atoms with van der Waals surface area (Å²) in [5, 5.41) is 8.55. The molecule has 2 aromatic carbocycles.